The third-order valence-corrected chi connectivity index (χ3v) is 5.78. The summed E-state index contributed by atoms with van der Waals surface area (Å²) in [6.07, 6.45) is 4.05. The Morgan fingerprint density at radius 3 is 3.00 bits per heavy atom. The Bertz CT molecular complexity index is 406. The number of anilines is 1. The molecule has 0 unspecified atom stereocenters. The fraction of sp³-hybridized carbons (Fsp3) is 0.818. The summed E-state index contributed by atoms with van der Waals surface area (Å²) in [5, 5.41) is 11.8. The summed E-state index contributed by atoms with van der Waals surface area (Å²) < 4.78 is 6.90. The molecule has 5 nitrogen and oxygen atoms in total. The molecule has 2 aliphatic rings. The molecule has 2 fully saturated rings. The molecular formula is C11H18N4OS2. The molecule has 18 heavy (non-hydrogen) atoms. The molecule has 1 spiro atoms. The summed E-state index contributed by atoms with van der Waals surface area (Å²) in [7, 11) is 0. The molecule has 0 saturated carbocycles. The van der Waals surface area contributed by atoms with Gasteiger partial charge in [0.2, 0.25) is 5.13 Å². The summed E-state index contributed by atoms with van der Waals surface area (Å²) in [4.78, 5) is 0. The van der Waals surface area contributed by atoms with Gasteiger partial charge in [0, 0.05) is 5.75 Å². The van der Waals surface area contributed by atoms with E-state index in [1.54, 1.807) is 11.8 Å². The first-order valence-corrected chi connectivity index (χ1v) is 8.10. The number of hydrogen-bond donors (Lipinski definition) is 2. The predicted molar refractivity (Wildman–Crippen MR) is 73.9 cm³/mol. The van der Waals surface area contributed by atoms with Crippen LogP contribution in [0.1, 0.15) is 19.3 Å². The van der Waals surface area contributed by atoms with Crippen LogP contribution in [0.2, 0.25) is 0 Å². The van der Waals surface area contributed by atoms with Crippen LogP contribution in [0.4, 0.5) is 5.13 Å². The van der Waals surface area contributed by atoms with E-state index in [-0.39, 0.29) is 0 Å². The molecule has 7 heteroatoms. The quantitative estimate of drug-likeness (QED) is 0.818. The number of thioether (sulfide) groups is 1. The number of aromatic nitrogens is 2. The van der Waals surface area contributed by atoms with Crippen molar-refractivity contribution in [3.05, 3.63) is 0 Å². The number of nitrogens with two attached hydrogens (primary N) is 1. The van der Waals surface area contributed by atoms with E-state index in [1.165, 1.54) is 30.6 Å². The Hall–Kier alpha value is -0.370. The van der Waals surface area contributed by atoms with Gasteiger partial charge in [-0.05, 0) is 37.8 Å². The smallest absolute Gasteiger partial charge is 0.203 e. The highest BCUT2D eigenvalue weighted by Gasteiger charge is 2.40. The molecule has 0 aromatic carbocycles. The lowest BCUT2D eigenvalue weighted by Crippen LogP contribution is -2.37. The van der Waals surface area contributed by atoms with Gasteiger partial charge in [-0.2, -0.15) is 0 Å². The van der Waals surface area contributed by atoms with Gasteiger partial charge in [-0.25, -0.2) is 0 Å². The highest BCUT2D eigenvalue weighted by atomic mass is 32.2. The topological polar surface area (TPSA) is 73.1 Å². The molecule has 0 amide bonds. The second-order valence-electron chi connectivity index (χ2n) is 5.10. The van der Waals surface area contributed by atoms with Crippen LogP contribution in [0.15, 0.2) is 4.34 Å². The van der Waals surface area contributed by atoms with E-state index < -0.39 is 0 Å². The lowest BCUT2D eigenvalue weighted by molar-refractivity contribution is 0.0972. The van der Waals surface area contributed by atoms with Crippen molar-refractivity contribution in [3.8, 4) is 0 Å². The molecule has 100 valence electrons. The molecule has 3 N–H and O–H groups in total. The highest BCUT2D eigenvalue weighted by molar-refractivity contribution is 8.01. The zero-order valence-corrected chi connectivity index (χ0v) is 11.9. The van der Waals surface area contributed by atoms with Crippen molar-refractivity contribution < 1.29 is 4.74 Å². The number of nitrogens with one attached hydrogen (secondary N) is 1. The van der Waals surface area contributed by atoms with Gasteiger partial charge in [-0.1, -0.05) is 23.1 Å². The zero-order valence-electron chi connectivity index (χ0n) is 10.2. The molecule has 2 aliphatic heterocycles. The molecule has 1 aromatic heterocycles. The van der Waals surface area contributed by atoms with Crippen LogP contribution in [-0.2, 0) is 4.74 Å². The van der Waals surface area contributed by atoms with Crippen LogP contribution >= 0.6 is 23.1 Å². The van der Waals surface area contributed by atoms with Gasteiger partial charge in [0.05, 0.1) is 12.7 Å². The van der Waals surface area contributed by atoms with Gasteiger partial charge in [-0.15, -0.1) is 10.2 Å². The highest BCUT2D eigenvalue weighted by Crippen LogP contribution is 2.41. The average Bonchev–Trinajstić information content (AvgIpc) is 2.96. The molecule has 3 rings (SSSR count). The van der Waals surface area contributed by atoms with Crippen LogP contribution in [-0.4, -0.2) is 41.8 Å². The van der Waals surface area contributed by atoms with Crippen molar-refractivity contribution in [2.24, 2.45) is 5.41 Å². The molecule has 1 atom stereocenters. The molecule has 2 saturated heterocycles. The first-order valence-electron chi connectivity index (χ1n) is 6.30. The molecule has 0 radical (unpaired) electrons. The summed E-state index contributed by atoms with van der Waals surface area (Å²) >= 11 is 3.16. The van der Waals surface area contributed by atoms with Crippen molar-refractivity contribution in [1.29, 1.82) is 0 Å². The fourth-order valence-corrected chi connectivity index (χ4v) is 4.43. The molecule has 3 heterocycles. The Kier molecular flexibility index (Phi) is 3.74. The van der Waals surface area contributed by atoms with Crippen LogP contribution in [0, 0.1) is 5.41 Å². The van der Waals surface area contributed by atoms with E-state index in [4.69, 9.17) is 10.5 Å². The van der Waals surface area contributed by atoms with Crippen LogP contribution in [0.5, 0.6) is 0 Å². The Labute approximate surface area is 115 Å². The van der Waals surface area contributed by atoms with Gasteiger partial charge in [0.1, 0.15) is 0 Å². The number of nitrogen functional groups attached to an aromatic ring is 1. The van der Waals surface area contributed by atoms with Gasteiger partial charge >= 0.3 is 0 Å². The normalized spacial score (nSPS) is 26.8. The third-order valence-electron chi connectivity index (χ3n) is 3.76. The number of piperidine rings is 1. The number of ether oxygens (including phenoxy) is 1. The van der Waals surface area contributed by atoms with Crippen LogP contribution in [0.25, 0.3) is 0 Å². The lowest BCUT2D eigenvalue weighted by atomic mass is 9.77. The lowest BCUT2D eigenvalue weighted by Gasteiger charge is -2.32. The maximum Gasteiger partial charge on any atom is 0.203 e. The molecular weight excluding hydrogens is 268 g/mol. The maximum atomic E-state index is 5.95. The van der Waals surface area contributed by atoms with Crippen LogP contribution in [0.3, 0.4) is 0 Å². The van der Waals surface area contributed by atoms with E-state index in [0.717, 1.165) is 29.8 Å². The maximum absolute atomic E-state index is 5.95. The molecule has 1 aromatic rings. The van der Waals surface area contributed by atoms with E-state index in [2.05, 4.69) is 15.5 Å². The average molecular weight is 286 g/mol. The molecule has 0 aliphatic carbocycles. The number of hydrogen-bond acceptors (Lipinski definition) is 7. The van der Waals surface area contributed by atoms with E-state index >= 15 is 0 Å². The predicted octanol–water partition coefficient (Wildman–Crippen LogP) is 1.37. The van der Waals surface area contributed by atoms with Crippen LogP contribution < -0.4 is 11.1 Å². The standard InChI is InChI=1S/C11H18N4OS2/c12-9-14-15-10(18-9)17-6-8-5-11(7-16-8)1-3-13-4-2-11/h8,13H,1-7H2,(H2,12,14)/t8-/m1/s1. The second-order valence-corrected chi connectivity index (χ2v) is 7.38. The van der Waals surface area contributed by atoms with E-state index in [0.29, 0.717) is 16.7 Å². The van der Waals surface area contributed by atoms with Crippen molar-refractivity contribution in [2.45, 2.75) is 29.7 Å². The van der Waals surface area contributed by atoms with Gasteiger partial charge in [-0.3, -0.25) is 0 Å². The van der Waals surface area contributed by atoms with E-state index in [9.17, 15) is 0 Å². The Morgan fingerprint density at radius 1 is 1.44 bits per heavy atom. The van der Waals surface area contributed by atoms with Crippen molar-refractivity contribution in [3.63, 3.8) is 0 Å². The minimum atomic E-state index is 0.359. The van der Waals surface area contributed by atoms with Gasteiger partial charge < -0.3 is 15.8 Å². The summed E-state index contributed by atoms with van der Waals surface area (Å²) in [5.74, 6) is 0.962. The summed E-state index contributed by atoms with van der Waals surface area (Å²) in [6, 6.07) is 0. The minimum absolute atomic E-state index is 0.359. The summed E-state index contributed by atoms with van der Waals surface area (Å²) in [5.41, 5.74) is 6.01. The van der Waals surface area contributed by atoms with E-state index in [1.807, 2.05) is 0 Å². The summed E-state index contributed by atoms with van der Waals surface area (Å²) in [6.45, 7) is 3.20. The van der Waals surface area contributed by atoms with Crippen molar-refractivity contribution in [1.82, 2.24) is 15.5 Å². The van der Waals surface area contributed by atoms with Gasteiger partial charge in [0.15, 0.2) is 4.34 Å². The SMILES string of the molecule is Nc1nnc(SC[C@H]2CC3(CCNCC3)CO2)s1. The molecule has 0 bridgehead atoms. The first-order chi connectivity index (χ1) is 8.76. The zero-order chi connectivity index (χ0) is 12.4. The minimum Gasteiger partial charge on any atom is -0.377 e. The Balaban J connectivity index is 1.50. The largest absolute Gasteiger partial charge is 0.377 e. The first kappa shape index (κ1) is 12.7. The van der Waals surface area contributed by atoms with Crippen molar-refractivity contribution in [2.75, 3.05) is 31.2 Å². The number of rotatable bonds is 3. The Morgan fingerprint density at radius 2 is 2.28 bits per heavy atom. The van der Waals surface area contributed by atoms with Gasteiger partial charge in [0.25, 0.3) is 0 Å². The number of nitrogens with zero attached hydrogens (tertiary/aromatic N) is 2. The third kappa shape index (κ3) is 2.79. The monoisotopic (exact) mass is 286 g/mol. The second kappa shape index (κ2) is 5.32. The fourth-order valence-electron chi connectivity index (χ4n) is 2.75. The van der Waals surface area contributed by atoms with Crippen molar-refractivity contribution >= 4 is 28.2 Å².